The number of nitrogens with one attached hydrogen (secondary N) is 1. The van der Waals surface area contributed by atoms with Crippen LogP contribution in [-0.2, 0) is 4.74 Å². The third kappa shape index (κ3) is 6.68. The highest BCUT2D eigenvalue weighted by atomic mass is 127. The maximum absolute atomic E-state index is 14.4. The number of nitrogens with two attached hydrogens (primary N) is 1. The Kier molecular flexibility index (Phi) is 7.65. The molecule has 3 rings (SSSR count). The monoisotopic (exact) mass is 573 g/mol. The van der Waals surface area contributed by atoms with Crippen molar-refractivity contribution in [2.75, 3.05) is 18.4 Å². The largest absolute Gasteiger partial charge is 0.489 e. The highest BCUT2D eigenvalue weighted by molar-refractivity contribution is 14.1. The number of carbonyl (C=O) groups is 2. The fourth-order valence-electron chi connectivity index (χ4n) is 3.43. The Bertz CT molecular complexity index is 1050. The van der Waals surface area contributed by atoms with Crippen LogP contribution in [0.4, 0.5) is 25.0 Å². The summed E-state index contributed by atoms with van der Waals surface area (Å²) in [6.45, 7) is 6.16. The maximum Gasteiger partial charge on any atom is 0.410 e. The summed E-state index contributed by atoms with van der Waals surface area (Å²) in [5, 5.41) is 2.74. The zero-order valence-corrected chi connectivity index (χ0v) is 20.7. The molecule has 1 fully saturated rings. The van der Waals surface area contributed by atoms with E-state index in [2.05, 4.69) is 5.32 Å². The lowest BCUT2D eigenvalue weighted by Crippen LogP contribution is -2.44. The fourth-order valence-corrected chi connectivity index (χ4v) is 3.88. The van der Waals surface area contributed by atoms with Gasteiger partial charge in [0.1, 0.15) is 34.7 Å². The van der Waals surface area contributed by atoms with Crippen molar-refractivity contribution in [2.45, 2.75) is 45.3 Å². The average Bonchev–Trinajstić information content (AvgIpc) is 2.68. The van der Waals surface area contributed by atoms with Crippen molar-refractivity contribution in [2.24, 2.45) is 5.73 Å². The van der Waals surface area contributed by atoms with Crippen LogP contribution in [0.1, 0.15) is 44.0 Å². The van der Waals surface area contributed by atoms with Crippen molar-refractivity contribution >= 4 is 46.0 Å². The van der Waals surface area contributed by atoms with Gasteiger partial charge in [-0.25, -0.2) is 13.6 Å². The van der Waals surface area contributed by atoms with Crippen LogP contribution in [0.2, 0.25) is 0 Å². The van der Waals surface area contributed by atoms with Gasteiger partial charge in [0.15, 0.2) is 0 Å². The number of rotatable bonds is 5. The molecular weight excluding hydrogens is 547 g/mol. The van der Waals surface area contributed by atoms with Gasteiger partial charge >= 0.3 is 6.09 Å². The van der Waals surface area contributed by atoms with Gasteiger partial charge < -0.3 is 25.4 Å². The third-order valence-corrected chi connectivity index (χ3v) is 5.57. The predicted octanol–water partition coefficient (Wildman–Crippen LogP) is 5.19. The Balaban J connectivity index is 1.77. The molecule has 3 N–H and O–H groups in total. The Labute approximate surface area is 204 Å². The lowest BCUT2D eigenvalue weighted by Gasteiger charge is -2.33. The number of carbonyl (C=O) groups excluding carboxylic acids is 2. The molecule has 1 saturated heterocycles. The number of amides is 2. The molecule has 0 atom stereocenters. The zero-order valence-electron chi connectivity index (χ0n) is 18.6. The highest BCUT2D eigenvalue weighted by Gasteiger charge is 2.29. The lowest BCUT2D eigenvalue weighted by atomic mass is 10.1. The molecule has 0 saturated carbocycles. The number of benzene rings is 2. The molecule has 0 aromatic heterocycles. The number of primary amides is 1. The summed E-state index contributed by atoms with van der Waals surface area (Å²) in [7, 11) is 0. The molecule has 0 radical (unpaired) electrons. The molecule has 0 spiro atoms. The fraction of sp³-hybridized carbons (Fsp3) is 0.391. The molecule has 10 heteroatoms. The first-order valence-corrected chi connectivity index (χ1v) is 11.5. The second-order valence-corrected chi connectivity index (χ2v) is 9.97. The summed E-state index contributed by atoms with van der Waals surface area (Å²) in [6.07, 6.45) is 0.146. The van der Waals surface area contributed by atoms with Gasteiger partial charge in [0, 0.05) is 35.6 Å². The van der Waals surface area contributed by atoms with Gasteiger partial charge in [0.25, 0.3) is 5.91 Å². The van der Waals surface area contributed by atoms with Gasteiger partial charge in [0.05, 0.1) is 11.4 Å². The molecule has 1 heterocycles. The standard InChI is InChI=1S/C23H26F2IN3O4/c1-23(2,3)33-22(31)29-8-6-15(7-9-29)32-19-11-13(24)10-18(20(19)21(27)30)28-17-5-4-14(26)12-16(17)25/h4-5,10-12,15,28H,6-9H2,1-3H3,(H2,27,30). The first-order chi connectivity index (χ1) is 15.4. The van der Waals surface area contributed by atoms with Crippen LogP contribution in [0, 0.1) is 15.2 Å². The van der Waals surface area contributed by atoms with E-state index >= 15 is 0 Å². The maximum atomic E-state index is 14.4. The van der Waals surface area contributed by atoms with Gasteiger partial charge in [-0.05, 0) is 67.6 Å². The minimum atomic E-state index is -0.843. The summed E-state index contributed by atoms with van der Waals surface area (Å²) < 4.78 is 40.7. The number of likely N-dealkylation sites (tertiary alicyclic amines) is 1. The van der Waals surface area contributed by atoms with Gasteiger partial charge in [-0.2, -0.15) is 0 Å². The Morgan fingerprint density at radius 2 is 1.79 bits per heavy atom. The van der Waals surface area contributed by atoms with Crippen LogP contribution >= 0.6 is 22.6 Å². The molecule has 2 aromatic rings. The van der Waals surface area contributed by atoms with E-state index < -0.39 is 29.2 Å². The first kappa shape index (κ1) is 25.0. The van der Waals surface area contributed by atoms with E-state index in [1.165, 1.54) is 12.1 Å². The van der Waals surface area contributed by atoms with E-state index in [-0.39, 0.29) is 28.8 Å². The van der Waals surface area contributed by atoms with Crippen molar-refractivity contribution in [3.05, 3.63) is 51.1 Å². The van der Waals surface area contributed by atoms with E-state index in [0.29, 0.717) is 29.5 Å². The second kappa shape index (κ2) is 10.1. The third-order valence-electron chi connectivity index (χ3n) is 4.90. The molecule has 2 aromatic carbocycles. The number of piperidine rings is 1. The molecular formula is C23H26F2IN3O4. The number of anilines is 2. The molecule has 0 unspecified atom stereocenters. The molecule has 1 aliphatic heterocycles. The van der Waals surface area contributed by atoms with Crippen molar-refractivity contribution in [3.63, 3.8) is 0 Å². The zero-order chi connectivity index (χ0) is 24.3. The van der Waals surface area contributed by atoms with Crippen molar-refractivity contribution < 1.29 is 27.8 Å². The molecule has 7 nitrogen and oxygen atoms in total. The smallest absolute Gasteiger partial charge is 0.410 e. The predicted molar refractivity (Wildman–Crippen MR) is 129 cm³/mol. The van der Waals surface area contributed by atoms with E-state index in [1.54, 1.807) is 31.7 Å². The molecule has 0 aliphatic carbocycles. The van der Waals surface area contributed by atoms with Crippen LogP contribution in [0.15, 0.2) is 30.3 Å². The SMILES string of the molecule is CC(C)(C)OC(=O)N1CCC(Oc2cc(F)cc(Nc3ccc(I)cc3F)c2C(N)=O)CC1. The van der Waals surface area contributed by atoms with Crippen molar-refractivity contribution in [1.29, 1.82) is 0 Å². The molecule has 1 aliphatic rings. The molecule has 33 heavy (non-hydrogen) atoms. The normalized spacial score (nSPS) is 14.7. The summed E-state index contributed by atoms with van der Waals surface area (Å²) in [5.41, 5.74) is 4.96. The minimum Gasteiger partial charge on any atom is -0.489 e. The van der Waals surface area contributed by atoms with E-state index in [0.717, 1.165) is 12.1 Å². The summed E-state index contributed by atoms with van der Waals surface area (Å²) in [6, 6.07) is 6.61. The molecule has 2 amide bonds. The average molecular weight is 573 g/mol. The molecule has 0 bridgehead atoms. The summed E-state index contributed by atoms with van der Waals surface area (Å²) in [5.74, 6) is -2.11. The van der Waals surface area contributed by atoms with E-state index in [1.807, 2.05) is 22.6 Å². The summed E-state index contributed by atoms with van der Waals surface area (Å²) in [4.78, 5) is 26.0. The van der Waals surface area contributed by atoms with Gasteiger partial charge in [0.2, 0.25) is 0 Å². The highest BCUT2D eigenvalue weighted by Crippen LogP contribution is 2.33. The van der Waals surface area contributed by atoms with Crippen molar-refractivity contribution in [3.8, 4) is 5.75 Å². The Morgan fingerprint density at radius 3 is 2.36 bits per heavy atom. The quantitative estimate of drug-likeness (QED) is 0.481. The number of hydrogen-bond acceptors (Lipinski definition) is 5. The van der Waals surface area contributed by atoms with Crippen LogP contribution < -0.4 is 15.8 Å². The lowest BCUT2D eigenvalue weighted by molar-refractivity contribution is 0.0126. The topological polar surface area (TPSA) is 93.9 Å². The van der Waals surface area contributed by atoms with E-state index in [4.69, 9.17) is 15.2 Å². The van der Waals surface area contributed by atoms with Gasteiger partial charge in [-0.1, -0.05) is 0 Å². The number of hydrogen-bond donors (Lipinski definition) is 2. The summed E-state index contributed by atoms with van der Waals surface area (Å²) >= 11 is 1.97. The minimum absolute atomic E-state index is 0.00352. The number of nitrogens with zero attached hydrogens (tertiary/aromatic N) is 1. The van der Waals surface area contributed by atoms with Crippen LogP contribution in [0.5, 0.6) is 5.75 Å². The second-order valence-electron chi connectivity index (χ2n) is 8.72. The van der Waals surface area contributed by atoms with Crippen molar-refractivity contribution in [1.82, 2.24) is 4.90 Å². The van der Waals surface area contributed by atoms with Crippen LogP contribution in [0.25, 0.3) is 0 Å². The number of ether oxygens (including phenoxy) is 2. The van der Waals surface area contributed by atoms with Crippen LogP contribution in [0.3, 0.4) is 0 Å². The van der Waals surface area contributed by atoms with Gasteiger partial charge in [-0.15, -0.1) is 0 Å². The molecule has 178 valence electrons. The number of halogens is 3. The van der Waals surface area contributed by atoms with Gasteiger partial charge in [-0.3, -0.25) is 4.79 Å². The van der Waals surface area contributed by atoms with E-state index in [9.17, 15) is 18.4 Å². The van der Waals surface area contributed by atoms with Crippen LogP contribution in [-0.4, -0.2) is 41.7 Å². The first-order valence-electron chi connectivity index (χ1n) is 10.4. The Morgan fingerprint density at radius 1 is 1.12 bits per heavy atom. The Hall–Kier alpha value is -2.63.